The van der Waals surface area contributed by atoms with Crippen LogP contribution in [0.15, 0.2) is 11.6 Å². The minimum absolute atomic E-state index is 0.551. The van der Waals surface area contributed by atoms with Gasteiger partial charge in [-0.05, 0) is 18.8 Å². The highest BCUT2D eigenvalue weighted by Crippen LogP contribution is 2.32. The minimum Gasteiger partial charge on any atom is -0.383 e. The molecule has 1 aromatic rings. The number of hydrogen-bond acceptors (Lipinski definition) is 4. The van der Waals surface area contributed by atoms with E-state index in [1.165, 1.54) is 17.8 Å². The minimum atomic E-state index is 0.551. The fourth-order valence-corrected chi connectivity index (χ4v) is 2.40. The molecule has 1 N–H and O–H groups in total. The van der Waals surface area contributed by atoms with E-state index in [1.807, 2.05) is 11.6 Å². The highest BCUT2D eigenvalue weighted by atomic mass is 32.1. The number of thiazole rings is 1. The molecule has 0 aromatic carbocycles. The van der Waals surface area contributed by atoms with Crippen molar-refractivity contribution in [3.63, 3.8) is 0 Å². The van der Waals surface area contributed by atoms with E-state index in [9.17, 15) is 0 Å². The molecule has 0 saturated heterocycles. The van der Waals surface area contributed by atoms with Crippen molar-refractivity contribution in [1.29, 1.82) is 0 Å². The Morgan fingerprint density at radius 2 is 2.53 bits per heavy atom. The molecule has 0 spiro atoms. The summed E-state index contributed by atoms with van der Waals surface area (Å²) in [5.74, 6) is 0.848. The van der Waals surface area contributed by atoms with Gasteiger partial charge in [0.25, 0.3) is 0 Å². The van der Waals surface area contributed by atoms with Crippen molar-refractivity contribution < 1.29 is 4.74 Å². The first-order chi connectivity index (χ1) is 7.40. The predicted molar refractivity (Wildman–Crippen MR) is 62.2 cm³/mol. The number of nitrogens with one attached hydrogen (secondary N) is 1. The van der Waals surface area contributed by atoms with Gasteiger partial charge in [-0.3, -0.25) is 0 Å². The Morgan fingerprint density at radius 1 is 1.67 bits per heavy atom. The topological polar surface area (TPSA) is 34.1 Å². The molecule has 1 unspecified atom stereocenters. The summed E-state index contributed by atoms with van der Waals surface area (Å²) in [6.07, 6.45) is 5.62. The average Bonchev–Trinajstić information content (AvgIpc) is 2.96. The molecule has 0 radical (unpaired) electrons. The van der Waals surface area contributed by atoms with Gasteiger partial charge in [0, 0.05) is 37.7 Å². The maximum atomic E-state index is 5.22. The maximum Gasteiger partial charge on any atom is 0.0937 e. The van der Waals surface area contributed by atoms with Gasteiger partial charge < -0.3 is 10.1 Å². The Kier molecular flexibility index (Phi) is 4.11. The zero-order chi connectivity index (χ0) is 10.5. The van der Waals surface area contributed by atoms with Crippen molar-refractivity contribution in [1.82, 2.24) is 10.3 Å². The molecule has 1 heterocycles. The molecule has 1 aliphatic rings. The van der Waals surface area contributed by atoms with Crippen LogP contribution in [0.25, 0.3) is 0 Å². The predicted octanol–water partition coefficient (Wildman–Crippen LogP) is 1.70. The van der Waals surface area contributed by atoms with Gasteiger partial charge in [0.15, 0.2) is 0 Å². The molecule has 84 valence electrons. The van der Waals surface area contributed by atoms with E-state index in [0.717, 1.165) is 25.5 Å². The van der Waals surface area contributed by atoms with E-state index in [1.54, 1.807) is 18.4 Å². The second-order valence-corrected chi connectivity index (χ2v) is 5.01. The second kappa shape index (κ2) is 5.58. The molecule has 1 fully saturated rings. The summed E-state index contributed by atoms with van der Waals surface area (Å²) in [6, 6.07) is 0.551. The normalized spacial score (nSPS) is 17.9. The number of rotatable bonds is 7. The number of methoxy groups -OCH3 is 1. The summed E-state index contributed by atoms with van der Waals surface area (Å²) in [7, 11) is 1.78. The van der Waals surface area contributed by atoms with E-state index in [-0.39, 0.29) is 0 Å². The van der Waals surface area contributed by atoms with Gasteiger partial charge in [0.1, 0.15) is 0 Å². The molecule has 0 bridgehead atoms. The Hall–Kier alpha value is -0.450. The fourth-order valence-electron chi connectivity index (χ4n) is 1.78. The molecule has 1 atom stereocenters. The molecule has 0 amide bonds. The van der Waals surface area contributed by atoms with Crippen LogP contribution in [0.1, 0.15) is 17.8 Å². The van der Waals surface area contributed by atoms with Crippen LogP contribution in [0.2, 0.25) is 0 Å². The van der Waals surface area contributed by atoms with E-state index in [2.05, 4.69) is 10.3 Å². The lowest BCUT2D eigenvalue weighted by atomic mass is 10.2. The molecule has 0 aliphatic heterocycles. The number of nitrogens with zero attached hydrogens (tertiary/aromatic N) is 1. The molecule has 1 aromatic heterocycles. The molecule has 2 rings (SSSR count). The van der Waals surface area contributed by atoms with Crippen LogP contribution in [-0.2, 0) is 11.2 Å². The molecule has 1 saturated carbocycles. The summed E-state index contributed by atoms with van der Waals surface area (Å²) in [4.78, 5) is 4.27. The van der Waals surface area contributed by atoms with E-state index < -0.39 is 0 Å². The Morgan fingerprint density at radius 3 is 3.13 bits per heavy atom. The SMILES string of the molecule is COCC(NCCc1nccs1)C1CC1. The molecule has 4 heteroatoms. The largest absolute Gasteiger partial charge is 0.383 e. The monoisotopic (exact) mass is 226 g/mol. The Labute approximate surface area is 94.9 Å². The first kappa shape index (κ1) is 11.0. The van der Waals surface area contributed by atoms with Gasteiger partial charge in [-0.15, -0.1) is 11.3 Å². The van der Waals surface area contributed by atoms with Gasteiger partial charge >= 0.3 is 0 Å². The quantitative estimate of drug-likeness (QED) is 0.768. The third-order valence-corrected chi connectivity index (χ3v) is 3.61. The fraction of sp³-hybridized carbons (Fsp3) is 0.727. The molecule has 15 heavy (non-hydrogen) atoms. The van der Waals surface area contributed by atoms with Crippen LogP contribution in [-0.4, -0.2) is 31.3 Å². The van der Waals surface area contributed by atoms with Crippen LogP contribution in [0.5, 0.6) is 0 Å². The van der Waals surface area contributed by atoms with Gasteiger partial charge in [-0.2, -0.15) is 0 Å². The standard InChI is InChI=1S/C11H18N2OS/c1-14-8-10(9-2-3-9)12-5-4-11-13-6-7-15-11/h6-7,9-10,12H,2-5,8H2,1H3. The third-order valence-electron chi connectivity index (χ3n) is 2.77. The lowest BCUT2D eigenvalue weighted by molar-refractivity contribution is 0.158. The molecular formula is C11H18N2OS. The highest BCUT2D eigenvalue weighted by molar-refractivity contribution is 7.09. The Bertz CT molecular complexity index is 272. The molecular weight excluding hydrogens is 208 g/mol. The van der Waals surface area contributed by atoms with Crippen molar-refractivity contribution in [3.05, 3.63) is 16.6 Å². The van der Waals surface area contributed by atoms with E-state index in [0.29, 0.717) is 6.04 Å². The molecule has 3 nitrogen and oxygen atoms in total. The smallest absolute Gasteiger partial charge is 0.0937 e. The highest BCUT2D eigenvalue weighted by Gasteiger charge is 2.30. The second-order valence-electron chi connectivity index (χ2n) is 4.03. The summed E-state index contributed by atoms with van der Waals surface area (Å²) >= 11 is 1.73. The lowest BCUT2D eigenvalue weighted by Crippen LogP contribution is -2.36. The Balaban J connectivity index is 1.66. The van der Waals surface area contributed by atoms with Crippen LogP contribution in [0, 0.1) is 5.92 Å². The number of aromatic nitrogens is 1. The summed E-state index contributed by atoms with van der Waals surface area (Å²) < 4.78 is 5.22. The lowest BCUT2D eigenvalue weighted by Gasteiger charge is -2.16. The van der Waals surface area contributed by atoms with E-state index in [4.69, 9.17) is 4.74 Å². The van der Waals surface area contributed by atoms with Crippen LogP contribution in [0.3, 0.4) is 0 Å². The first-order valence-electron chi connectivity index (χ1n) is 5.51. The van der Waals surface area contributed by atoms with Crippen LogP contribution >= 0.6 is 11.3 Å². The van der Waals surface area contributed by atoms with Gasteiger partial charge in [0.2, 0.25) is 0 Å². The number of ether oxygens (including phenoxy) is 1. The van der Waals surface area contributed by atoms with E-state index >= 15 is 0 Å². The van der Waals surface area contributed by atoms with Gasteiger partial charge in [-0.25, -0.2) is 4.98 Å². The van der Waals surface area contributed by atoms with Crippen molar-refractivity contribution in [3.8, 4) is 0 Å². The summed E-state index contributed by atoms with van der Waals surface area (Å²) in [5.41, 5.74) is 0. The van der Waals surface area contributed by atoms with Crippen LogP contribution < -0.4 is 5.32 Å². The average molecular weight is 226 g/mol. The zero-order valence-corrected chi connectivity index (χ0v) is 9.93. The van der Waals surface area contributed by atoms with Crippen molar-refractivity contribution in [2.24, 2.45) is 5.92 Å². The summed E-state index contributed by atoms with van der Waals surface area (Å²) in [5, 5.41) is 6.81. The zero-order valence-electron chi connectivity index (χ0n) is 9.11. The van der Waals surface area contributed by atoms with Gasteiger partial charge in [-0.1, -0.05) is 0 Å². The van der Waals surface area contributed by atoms with Crippen molar-refractivity contribution in [2.45, 2.75) is 25.3 Å². The number of hydrogen-bond donors (Lipinski definition) is 1. The van der Waals surface area contributed by atoms with Gasteiger partial charge in [0.05, 0.1) is 11.6 Å². The molecule has 1 aliphatic carbocycles. The first-order valence-corrected chi connectivity index (χ1v) is 6.39. The summed E-state index contributed by atoms with van der Waals surface area (Å²) in [6.45, 7) is 1.85. The van der Waals surface area contributed by atoms with Crippen LogP contribution in [0.4, 0.5) is 0 Å². The maximum absolute atomic E-state index is 5.22. The van der Waals surface area contributed by atoms with Crippen molar-refractivity contribution >= 4 is 11.3 Å². The third kappa shape index (κ3) is 3.55. The van der Waals surface area contributed by atoms with Crippen molar-refractivity contribution in [2.75, 3.05) is 20.3 Å².